The molecule has 5 heteroatoms. The Bertz CT molecular complexity index is 159. The molecular weight excluding hydrogens is 184 g/mol. The highest BCUT2D eigenvalue weighted by atomic mass is 32.2. The zero-order chi connectivity index (χ0) is 8.97. The molecule has 1 saturated heterocycles. The van der Waals surface area contributed by atoms with Gasteiger partial charge in [0, 0.05) is 11.8 Å². The fourth-order valence-corrected chi connectivity index (χ4v) is 2.30. The normalized spacial score (nSPS) is 23.1. The van der Waals surface area contributed by atoms with Gasteiger partial charge in [-0.2, -0.15) is 20.5 Å². The number of hydrogen-bond acceptors (Lipinski definition) is 2. The van der Waals surface area contributed by atoms with Crippen LogP contribution in [-0.2, 0) is 4.79 Å². The monoisotopic (exact) mass is 195 g/mol. The summed E-state index contributed by atoms with van der Waals surface area (Å²) in [4.78, 5) is 10.4. The lowest BCUT2D eigenvalue weighted by Gasteiger charge is -2.08. The van der Waals surface area contributed by atoms with Crippen molar-refractivity contribution in [1.82, 2.24) is 5.32 Å². The van der Waals surface area contributed by atoms with Gasteiger partial charge in [0.15, 0.2) is 0 Å². The minimum absolute atomic E-state index is 0.340. The molecule has 70 valence electrons. The molecule has 1 heterocycles. The van der Waals surface area contributed by atoms with E-state index in [0.717, 1.165) is 18.6 Å². The summed E-state index contributed by atoms with van der Waals surface area (Å²) in [6.45, 7) is 0.383. The smallest absolute Gasteiger partial charge is 0.315 e. The number of nitrogens with one attached hydrogen (secondary N) is 1. The zero-order valence-corrected chi connectivity index (χ0v) is 7.37. The van der Waals surface area contributed by atoms with Crippen molar-refractivity contribution in [2.24, 2.45) is 0 Å². The van der Waals surface area contributed by atoms with Crippen LogP contribution in [0.3, 0.4) is 0 Å². The summed E-state index contributed by atoms with van der Waals surface area (Å²) in [7, 11) is 0. The van der Waals surface area contributed by atoms with E-state index < -0.39 is 12.3 Å². The lowest BCUT2D eigenvalue weighted by atomic mass is 10.2. The number of hydrogen-bond donors (Lipinski definition) is 1. The van der Waals surface area contributed by atoms with E-state index in [1.54, 1.807) is 11.8 Å². The van der Waals surface area contributed by atoms with Crippen molar-refractivity contribution in [3.05, 3.63) is 0 Å². The average molecular weight is 195 g/mol. The van der Waals surface area contributed by atoms with E-state index in [4.69, 9.17) is 0 Å². The van der Waals surface area contributed by atoms with Gasteiger partial charge in [0.2, 0.25) is 0 Å². The summed E-state index contributed by atoms with van der Waals surface area (Å²) < 4.78 is 23.4. The van der Waals surface area contributed by atoms with Crippen molar-refractivity contribution in [1.29, 1.82) is 0 Å². The first-order chi connectivity index (χ1) is 5.70. The van der Waals surface area contributed by atoms with Crippen LogP contribution in [0.2, 0.25) is 0 Å². The zero-order valence-electron chi connectivity index (χ0n) is 6.56. The molecule has 2 nitrogen and oxygen atoms in total. The number of carbonyl (C=O) groups is 1. The molecule has 0 spiro atoms. The molecule has 12 heavy (non-hydrogen) atoms. The van der Waals surface area contributed by atoms with Crippen molar-refractivity contribution >= 4 is 17.7 Å². The predicted octanol–water partition coefficient (Wildman–Crippen LogP) is 1.26. The van der Waals surface area contributed by atoms with E-state index in [1.165, 1.54) is 0 Å². The molecule has 1 rings (SSSR count). The van der Waals surface area contributed by atoms with E-state index in [-0.39, 0.29) is 0 Å². The van der Waals surface area contributed by atoms with Gasteiger partial charge in [-0.05, 0) is 18.6 Å². The van der Waals surface area contributed by atoms with Gasteiger partial charge in [-0.15, -0.1) is 0 Å². The summed E-state index contributed by atoms with van der Waals surface area (Å²) in [6.07, 6.45) is -0.731. The second-order valence-electron chi connectivity index (χ2n) is 2.68. The van der Waals surface area contributed by atoms with Crippen LogP contribution in [-0.4, -0.2) is 29.9 Å². The number of alkyl halides is 2. The minimum Gasteiger partial charge on any atom is -0.350 e. The van der Waals surface area contributed by atoms with Crippen molar-refractivity contribution in [2.45, 2.75) is 24.5 Å². The Morgan fingerprint density at radius 2 is 2.42 bits per heavy atom. The van der Waals surface area contributed by atoms with Gasteiger partial charge in [0.25, 0.3) is 5.91 Å². The number of thioether (sulfide) groups is 1. The summed E-state index contributed by atoms with van der Waals surface area (Å²) in [5, 5.41) is 2.55. The Morgan fingerprint density at radius 1 is 1.67 bits per heavy atom. The molecule has 1 amide bonds. The molecule has 1 aliphatic heterocycles. The predicted molar refractivity (Wildman–Crippen MR) is 44.5 cm³/mol. The summed E-state index contributed by atoms with van der Waals surface area (Å²) in [5.74, 6) is -0.0719. The van der Waals surface area contributed by atoms with Crippen LogP contribution in [0.1, 0.15) is 12.8 Å². The molecule has 1 aliphatic rings. The molecule has 1 N–H and O–H groups in total. The molecular formula is C7H11F2NOS. The third kappa shape index (κ3) is 2.97. The SMILES string of the molecule is O=C(NCC1CCCS1)C(F)F. The Labute approximate surface area is 74.1 Å². The number of halogens is 2. The van der Waals surface area contributed by atoms with E-state index >= 15 is 0 Å². The van der Waals surface area contributed by atoms with Crippen LogP contribution in [0, 0.1) is 0 Å². The van der Waals surface area contributed by atoms with E-state index in [1.807, 2.05) is 0 Å². The van der Waals surface area contributed by atoms with E-state index in [9.17, 15) is 13.6 Å². The van der Waals surface area contributed by atoms with Gasteiger partial charge in [-0.25, -0.2) is 0 Å². The first kappa shape index (κ1) is 9.77. The van der Waals surface area contributed by atoms with Crippen molar-refractivity contribution in [3.63, 3.8) is 0 Å². The molecule has 0 bridgehead atoms. The van der Waals surface area contributed by atoms with Crippen LogP contribution in [0.4, 0.5) is 8.78 Å². The maximum atomic E-state index is 11.7. The van der Waals surface area contributed by atoms with Crippen LogP contribution >= 0.6 is 11.8 Å². The van der Waals surface area contributed by atoms with Crippen LogP contribution in [0.15, 0.2) is 0 Å². The highest BCUT2D eigenvalue weighted by Gasteiger charge is 2.19. The lowest BCUT2D eigenvalue weighted by molar-refractivity contribution is -0.131. The second-order valence-corrected chi connectivity index (χ2v) is 4.09. The first-order valence-corrected chi connectivity index (χ1v) is 4.92. The van der Waals surface area contributed by atoms with Crippen LogP contribution < -0.4 is 5.32 Å². The highest BCUT2D eigenvalue weighted by Crippen LogP contribution is 2.25. The fourth-order valence-electron chi connectivity index (χ4n) is 1.10. The van der Waals surface area contributed by atoms with Crippen LogP contribution in [0.25, 0.3) is 0 Å². The largest absolute Gasteiger partial charge is 0.350 e. The molecule has 0 saturated carbocycles. The topological polar surface area (TPSA) is 29.1 Å². The molecule has 0 radical (unpaired) electrons. The number of amides is 1. The minimum atomic E-state index is -2.88. The maximum Gasteiger partial charge on any atom is 0.315 e. The Morgan fingerprint density at radius 3 is 2.92 bits per heavy atom. The van der Waals surface area contributed by atoms with Crippen LogP contribution in [0.5, 0.6) is 0 Å². The molecule has 1 atom stereocenters. The van der Waals surface area contributed by atoms with Gasteiger partial charge in [-0.1, -0.05) is 0 Å². The average Bonchev–Trinajstić information content (AvgIpc) is 2.51. The third-order valence-electron chi connectivity index (χ3n) is 1.73. The van der Waals surface area contributed by atoms with Crippen molar-refractivity contribution in [2.75, 3.05) is 12.3 Å². The molecule has 0 aromatic carbocycles. The van der Waals surface area contributed by atoms with E-state index in [2.05, 4.69) is 5.32 Å². The lowest BCUT2D eigenvalue weighted by Crippen LogP contribution is -2.34. The van der Waals surface area contributed by atoms with Crippen molar-refractivity contribution < 1.29 is 13.6 Å². The van der Waals surface area contributed by atoms with Gasteiger partial charge in [0.1, 0.15) is 0 Å². The van der Waals surface area contributed by atoms with Gasteiger partial charge in [-0.3, -0.25) is 4.79 Å². The quantitative estimate of drug-likeness (QED) is 0.734. The summed E-state index contributed by atoms with van der Waals surface area (Å²) in [6, 6.07) is 0. The molecule has 0 aromatic heterocycles. The van der Waals surface area contributed by atoms with Gasteiger partial charge >= 0.3 is 6.43 Å². The molecule has 0 aliphatic carbocycles. The van der Waals surface area contributed by atoms with E-state index in [0.29, 0.717) is 11.8 Å². The summed E-state index contributed by atoms with van der Waals surface area (Å²) >= 11 is 1.74. The Hall–Kier alpha value is -0.320. The molecule has 1 unspecified atom stereocenters. The molecule has 0 aromatic rings. The standard InChI is InChI=1S/C7H11F2NOS/c8-6(9)7(11)10-4-5-2-1-3-12-5/h5-6H,1-4H2,(H,10,11). The van der Waals surface area contributed by atoms with Crippen molar-refractivity contribution in [3.8, 4) is 0 Å². The Kier molecular flexibility index (Phi) is 3.78. The van der Waals surface area contributed by atoms with Gasteiger partial charge in [0.05, 0.1) is 0 Å². The highest BCUT2D eigenvalue weighted by molar-refractivity contribution is 8.00. The number of rotatable bonds is 3. The van der Waals surface area contributed by atoms with Gasteiger partial charge < -0.3 is 5.32 Å². The molecule has 1 fully saturated rings. The fraction of sp³-hybridized carbons (Fsp3) is 0.857. The third-order valence-corrected chi connectivity index (χ3v) is 3.12. The Balaban J connectivity index is 2.12. The second kappa shape index (κ2) is 4.64. The first-order valence-electron chi connectivity index (χ1n) is 3.87. The number of carbonyl (C=O) groups excluding carboxylic acids is 1. The maximum absolute atomic E-state index is 11.7. The summed E-state index contributed by atoms with van der Waals surface area (Å²) in [5.41, 5.74) is 0.